The minimum absolute atomic E-state index is 0.387. The third-order valence-electron chi connectivity index (χ3n) is 3.26. The van der Waals surface area contributed by atoms with Crippen LogP contribution < -0.4 is 0 Å². The highest BCUT2D eigenvalue weighted by atomic mass is 16.3. The fraction of sp³-hybridized carbons (Fsp3) is 0.467. The van der Waals surface area contributed by atoms with Gasteiger partial charge in [0.05, 0.1) is 11.8 Å². The van der Waals surface area contributed by atoms with E-state index >= 15 is 0 Å². The zero-order valence-electron chi connectivity index (χ0n) is 11.8. The Kier molecular flexibility index (Phi) is 4.32. The number of aliphatic hydroxyl groups excluding tert-OH is 1. The topological polar surface area (TPSA) is 50.9 Å². The quantitative estimate of drug-likeness (QED) is 0.898. The van der Waals surface area contributed by atoms with E-state index in [1.807, 2.05) is 35.9 Å². The van der Waals surface area contributed by atoms with Gasteiger partial charge in [0.25, 0.3) is 0 Å². The first-order valence-corrected chi connectivity index (χ1v) is 6.92. The molecule has 2 rings (SSSR count). The molecule has 0 unspecified atom stereocenters. The molecule has 1 heterocycles. The zero-order chi connectivity index (χ0) is 13.8. The van der Waals surface area contributed by atoms with Gasteiger partial charge in [0.1, 0.15) is 5.82 Å². The van der Waals surface area contributed by atoms with Crippen LogP contribution in [0.15, 0.2) is 24.3 Å². The SMILES string of the molecule is CCc1nc(CC)n(-c2ccc([C@H](O)CC)cc2)n1. The van der Waals surface area contributed by atoms with Crippen LogP contribution in [0.1, 0.15) is 50.5 Å². The van der Waals surface area contributed by atoms with E-state index in [0.717, 1.165) is 42.2 Å². The van der Waals surface area contributed by atoms with Crippen LogP contribution in [0.25, 0.3) is 5.69 Å². The van der Waals surface area contributed by atoms with Gasteiger partial charge in [-0.1, -0.05) is 32.9 Å². The Morgan fingerprint density at radius 2 is 1.79 bits per heavy atom. The fourth-order valence-electron chi connectivity index (χ4n) is 2.05. The van der Waals surface area contributed by atoms with Crippen molar-refractivity contribution in [3.63, 3.8) is 0 Å². The van der Waals surface area contributed by atoms with Crippen molar-refractivity contribution < 1.29 is 5.11 Å². The molecule has 0 aliphatic rings. The van der Waals surface area contributed by atoms with Crippen LogP contribution in [-0.4, -0.2) is 19.9 Å². The molecule has 19 heavy (non-hydrogen) atoms. The van der Waals surface area contributed by atoms with Gasteiger partial charge in [-0.25, -0.2) is 9.67 Å². The van der Waals surface area contributed by atoms with Gasteiger partial charge in [0.15, 0.2) is 5.82 Å². The summed E-state index contributed by atoms with van der Waals surface area (Å²) in [4.78, 5) is 4.50. The largest absolute Gasteiger partial charge is 0.388 e. The van der Waals surface area contributed by atoms with Crippen molar-refractivity contribution in [2.45, 2.75) is 46.1 Å². The van der Waals surface area contributed by atoms with E-state index < -0.39 is 0 Å². The number of nitrogens with zero attached hydrogens (tertiary/aromatic N) is 3. The van der Waals surface area contributed by atoms with Gasteiger partial charge in [-0.05, 0) is 24.1 Å². The van der Waals surface area contributed by atoms with Crippen molar-refractivity contribution in [2.24, 2.45) is 0 Å². The van der Waals surface area contributed by atoms with E-state index in [9.17, 15) is 5.11 Å². The van der Waals surface area contributed by atoms with Crippen molar-refractivity contribution in [1.29, 1.82) is 0 Å². The fourth-order valence-corrected chi connectivity index (χ4v) is 2.05. The van der Waals surface area contributed by atoms with Crippen molar-refractivity contribution in [1.82, 2.24) is 14.8 Å². The predicted molar refractivity (Wildman–Crippen MR) is 75.4 cm³/mol. The van der Waals surface area contributed by atoms with E-state index in [0.29, 0.717) is 0 Å². The number of hydrogen-bond donors (Lipinski definition) is 1. The summed E-state index contributed by atoms with van der Waals surface area (Å²) in [5, 5.41) is 14.3. The summed E-state index contributed by atoms with van der Waals surface area (Å²) in [6, 6.07) is 7.88. The van der Waals surface area contributed by atoms with Crippen LogP contribution >= 0.6 is 0 Å². The highest BCUT2D eigenvalue weighted by molar-refractivity contribution is 5.35. The van der Waals surface area contributed by atoms with Crippen molar-refractivity contribution in [3.8, 4) is 5.69 Å². The van der Waals surface area contributed by atoms with Crippen LogP contribution in [0.4, 0.5) is 0 Å². The molecule has 0 amide bonds. The monoisotopic (exact) mass is 259 g/mol. The Labute approximate surface area is 114 Å². The Morgan fingerprint density at radius 3 is 2.32 bits per heavy atom. The lowest BCUT2D eigenvalue weighted by Crippen LogP contribution is -2.03. The second-order valence-electron chi connectivity index (χ2n) is 4.58. The van der Waals surface area contributed by atoms with Gasteiger partial charge < -0.3 is 5.11 Å². The summed E-state index contributed by atoms with van der Waals surface area (Å²) >= 11 is 0. The summed E-state index contributed by atoms with van der Waals surface area (Å²) in [5.41, 5.74) is 1.94. The molecule has 0 aliphatic carbocycles. The molecule has 0 aliphatic heterocycles. The number of benzene rings is 1. The second-order valence-corrected chi connectivity index (χ2v) is 4.58. The molecule has 0 spiro atoms. The summed E-state index contributed by atoms with van der Waals surface area (Å²) in [5.74, 6) is 1.84. The zero-order valence-corrected chi connectivity index (χ0v) is 11.8. The molecule has 0 saturated carbocycles. The highest BCUT2D eigenvalue weighted by Crippen LogP contribution is 2.19. The minimum Gasteiger partial charge on any atom is -0.388 e. The average Bonchev–Trinajstić information content (AvgIpc) is 2.90. The number of hydrogen-bond acceptors (Lipinski definition) is 3. The molecular weight excluding hydrogens is 238 g/mol. The normalized spacial score (nSPS) is 12.6. The smallest absolute Gasteiger partial charge is 0.151 e. The Bertz CT molecular complexity index is 531. The molecule has 0 saturated heterocycles. The molecule has 0 radical (unpaired) electrons. The number of aliphatic hydroxyl groups is 1. The van der Waals surface area contributed by atoms with Crippen LogP contribution in [-0.2, 0) is 12.8 Å². The molecule has 0 fully saturated rings. The summed E-state index contributed by atoms with van der Waals surface area (Å²) < 4.78 is 1.89. The highest BCUT2D eigenvalue weighted by Gasteiger charge is 2.10. The van der Waals surface area contributed by atoms with E-state index in [4.69, 9.17) is 0 Å². The number of aromatic nitrogens is 3. The molecule has 1 N–H and O–H groups in total. The predicted octanol–water partition coefficient (Wildman–Crippen LogP) is 2.84. The van der Waals surface area contributed by atoms with Crippen molar-refractivity contribution in [3.05, 3.63) is 41.5 Å². The molecule has 1 aromatic heterocycles. The maximum Gasteiger partial charge on any atom is 0.151 e. The Hall–Kier alpha value is -1.68. The van der Waals surface area contributed by atoms with Crippen LogP contribution in [0.2, 0.25) is 0 Å². The van der Waals surface area contributed by atoms with Gasteiger partial charge in [0.2, 0.25) is 0 Å². The number of rotatable bonds is 5. The summed E-state index contributed by atoms with van der Waals surface area (Å²) in [6.07, 6.45) is 2.03. The van der Waals surface area contributed by atoms with Crippen molar-refractivity contribution in [2.75, 3.05) is 0 Å². The summed E-state index contributed by atoms with van der Waals surface area (Å²) in [7, 11) is 0. The summed E-state index contributed by atoms with van der Waals surface area (Å²) in [6.45, 7) is 6.10. The second kappa shape index (κ2) is 5.97. The molecule has 0 bridgehead atoms. The molecular formula is C15H21N3O. The van der Waals surface area contributed by atoms with Crippen LogP contribution in [0.5, 0.6) is 0 Å². The van der Waals surface area contributed by atoms with Gasteiger partial charge >= 0.3 is 0 Å². The van der Waals surface area contributed by atoms with E-state index in [-0.39, 0.29) is 6.10 Å². The Morgan fingerprint density at radius 1 is 1.11 bits per heavy atom. The third-order valence-corrected chi connectivity index (χ3v) is 3.26. The maximum absolute atomic E-state index is 9.80. The van der Waals surface area contributed by atoms with Crippen LogP contribution in [0.3, 0.4) is 0 Å². The lowest BCUT2D eigenvalue weighted by molar-refractivity contribution is 0.173. The minimum atomic E-state index is -0.387. The van der Waals surface area contributed by atoms with Crippen molar-refractivity contribution >= 4 is 0 Å². The van der Waals surface area contributed by atoms with Gasteiger partial charge in [-0.2, -0.15) is 5.10 Å². The van der Waals surface area contributed by atoms with Crippen LogP contribution in [0, 0.1) is 0 Å². The van der Waals surface area contributed by atoms with Gasteiger partial charge in [0, 0.05) is 12.8 Å². The molecule has 102 valence electrons. The Balaban J connectivity index is 2.34. The molecule has 1 atom stereocenters. The standard InChI is InChI=1S/C15H21N3O/c1-4-13(19)11-7-9-12(10-8-11)18-15(6-3)16-14(5-2)17-18/h7-10,13,19H,4-6H2,1-3H3/t13-/m1/s1. The average molecular weight is 259 g/mol. The lowest BCUT2D eigenvalue weighted by Gasteiger charge is -2.09. The van der Waals surface area contributed by atoms with E-state index in [2.05, 4.69) is 23.9 Å². The first-order chi connectivity index (χ1) is 9.19. The van der Waals surface area contributed by atoms with E-state index in [1.165, 1.54) is 0 Å². The third kappa shape index (κ3) is 2.84. The number of aryl methyl sites for hydroxylation is 2. The lowest BCUT2D eigenvalue weighted by atomic mass is 10.1. The molecule has 1 aromatic carbocycles. The molecule has 2 aromatic rings. The molecule has 4 heteroatoms. The maximum atomic E-state index is 9.80. The van der Waals surface area contributed by atoms with E-state index in [1.54, 1.807) is 0 Å². The first-order valence-electron chi connectivity index (χ1n) is 6.92. The van der Waals surface area contributed by atoms with Gasteiger partial charge in [-0.3, -0.25) is 0 Å². The first kappa shape index (κ1) is 13.7. The molecule has 4 nitrogen and oxygen atoms in total. The van der Waals surface area contributed by atoms with Gasteiger partial charge in [-0.15, -0.1) is 0 Å².